The summed E-state index contributed by atoms with van der Waals surface area (Å²) in [5.41, 5.74) is 1.76. The van der Waals surface area contributed by atoms with Crippen LogP contribution in [0.15, 0.2) is 58.0 Å². The highest BCUT2D eigenvalue weighted by Crippen LogP contribution is 2.23. The van der Waals surface area contributed by atoms with Gasteiger partial charge in [0.05, 0.1) is 16.3 Å². The third-order valence-corrected chi connectivity index (χ3v) is 3.30. The first kappa shape index (κ1) is 15.3. The molecule has 0 atom stereocenters. The molecule has 0 aliphatic carbocycles. The lowest BCUT2D eigenvalue weighted by atomic mass is 10.2. The first-order chi connectivity index (χ1) is 10.2. The number of hydrogen-bond donors (Lipinski definition) is 1. The van der Waals surface area contributed by atoms with Crippen molar-refractivity contribution in [3.8, 4) is 5.75 Å². The molecular weight excluding hydrogens is 311 g/mol. The van der Waals surface area contributed by atoms with Crippen LogP contribution in [0.2, 0.25) is 10.0 Å². The maximum absolute atomic E-state index is 5.96. The second kappa shape index (κ2) is 7.61. The van der Waals surface area contributed by atoms with Crippen LogP contribution >= 0.6 is 23.2 Å². The van der Waals surface area contributed by atoms with E-state index in [4.69, 9.17) is 33.8 Å². The Kier molecular flexibility index (Phi) is 5.54. The Morgan fingerprint density at radius 2 is 1.95 bits per heavy atom. The Morgan fingerprint density at radius 3 is 2.71 bits per heavy atom. The van der Waals surface area contributed by atoms with E-state index in [9.17, 15) is 0 Å². The van der Waals surface area contributed by atoms with Gasteiger partial charge >= 0.3 is 0 Å². The molecule has 0 unspecified atom stereocenters. The average molecular weight is 323 g/mol. The molecule has 2 aromatic rings. The van der Waals surface area contributed by atoms with E-state index < -0.39 is 0 Å². The average Bonchev–Trinajstić information content (AvgIpc) is 2.49. The zero-order valence-electron chi connectivity index (χ0n) is 10.9. The summed E-state index contributed by atoms with van der Waals surface area (Å²) in [6.07, 6.45) is 1.53. The molecule has 0 amide bonds. The smallest absolute Gasteiger partial charge is 0.120 e. The van der Waals surface area contributed by atoms with E-state index in [1.54, 1.807) is 12.1 Å². The highest BCUT2D eigenvalue weighted by molar-refractivity contribution is 6.42. The van der Waals surface area contributed by atoms with Crippen molar-refractivity contribution in [3.63, 3.8) is 0 Å². The van der Waals surface area contributed by atoms with Gasteiger partial charge in [0.1, 0.15) is 12.4 Å². The summed E-state index contributed by atoms with van der Waals surface area (Å²) >= 11 is 11.8. The second-order valence-corrected chi connectivity index (χ2v) is 4.87. The highest BCUT2D eigenvalue weighted by Gasteiger charge is 2.01. The Bertz CT molecular complexity index is 674. The standard InChI is InChI=1S/C14H12Cl2N4O/c15-13-5-4-11(7-14(13)16)9-21-12-3-1-2-10(6-12)8-18-20-19-17/h1-8H,9H2,(H2,17,20). The lowest BCUT2D eigenvalue weighted by molar-refractivity contribution is 0.306. The van der Waals surface area contributed by atoms with Gasteiger partial charge in [-0.3, -0.25) is 0 Å². The van der Waals surface area contributed by atoms with Crippen molar-refractivity contribution in [2.75, 3.05) is 0 Å². The van der Waals surface area contributed by atoms with E-state index >= 15 is 0 Å². The van der Waals surface area contributed by atoms with Gasteiger partial charge < -0.3 is 10.6 Å². The van der Waals surface area contributed by atoms with Crippen molar-refractivity contribution in [1.82, 2.24) is 0 Å². The molecule has 7 heteroatoms. The molecule has 2 rings (SSSR count). The summed E-state index contributed by atoms with van der Waals surface area (Å²) in [6, 6.07) is 12.8. The van der Waals surface area contributed by atoms with Crippen LogP contribution in [0.5, 0.6) is 5.75 Å². The van der Waals surface area contributed by atoms with E-state index in [2.05, 4.69) is 15.5 Å². The fourth-order valence-electron chi connectivity index (χ4n) is 1.60. The van der Waals surface area contributed by atoms with Gasteiger partial charge in [0.2, 0.25) is 0 Å². The molecule has 21 heavy (non-hydrogen) atoms. The molecule has 0 aliphatic heterocycles. The maximum Gasteiger partial charge on any atom is 0.120 e. The summed E-state index contributed by atoms with van der Waals surface area (Å²) in [7, 11) is 0. The number of hydrogen-bond acceptors (Lipinski definition) is 3. The lowest BCUT2D eigenvalue weighted by Crippen LogP contribution is -1.96. The maximum atomic E-state index is 5.96. The third kappa shape index (κ3) is 4.73. The summed E-state index contributed by atoms with van der Waals surface area (Å²) in [4.78, 5) is 0. The minimum atomic E-state index is 0.389. The fraction of sp³-hybridized carbons (Fsp3) is 0.0714. The molecule has 0 saturated heterocycles. The second-order valence-electron chi connectivity index (χ2n) is 4.06. The normalized spacial score (nSPS) is 11.3. The predicted molar refractivity (Wildman–Crippen MR) is 83.9 cm³/mol. The lowest BCUT2D eigenvalue weighted by Gasteiger charge is -2.07. The van der Waals surface area contributed by atoms with Crippen LogP contribution < -0.4 is 10.6 Å². The zero-order valence-corrected chi connectivity index (χ0v) is 12.4. The zero-order chi connectivity index (χ0) is 15.1. The largest absolute Gasteiger partial charge is 0.489 e. The number of nitrogens with zero attached hydrogens (tertiary/aromatic N) is 3. The van der Waals surface area contributed by atoms with E-state index in [0.717, 1.165) is 11.1 Å². The van der Waals surface area contributed by atoms with Gasteiger partial charge in [-0.15, -0.1) is 5.10 Å². The van der Waals surface area contributed by atoms with Crippen LogP contribution in [0.25, 0.3) is 0 Å². The SMILES string of the molecule is NN=NN=Cc1cccc(OCc2ccc(Cl)c(Cl)c2)c1. The van der Waals surface area contributed by atoms with Gasteiger partial charge in [-0.25, -0.2) is 0 Å². The van der Waals surface area contributed by atoms with E-state index in [-0.39, 0.29) is 0 Å². The summed E-state index contributed by atoms with van der Waals surface area (Å²) in [5.74, 6) is 5.56. The molecular formula is C14H12Cl2N4O. The molecule has 2 N–H and O–H groups in total. The van der Waals surface area contributed by atoms with Crippen LogP contribution in [-0.2, 0) is 6.61 Å². The fourth-order valence-corrected chi connectivity index (χ4v) is 1.92. The quantitative estimate of drug-likeness (QED) is 0.387. The number of ether oxygens (including phenoxy) is 1. The molecule has 108 valence electrons. The Hall–Kier alpha value is -2.11. The Morgan fingerprint density at radius 1 is 1.10 bits per heavy atom. The first-order valence-electron chi connectivity index (χ1n) is 5.99. The Balaban J connectivity index is 2.02. The number of rotatable bonds is 5. The molecule has 0 saturated carbocycles. The van der Waals surface area contributed by atoms with Gasteiger partial charge in [0.25, 0.3) is 0 Å². The highest BCUT2D eigenvalue weighted by atomic mass is 35.5. The van der Waals surface area contributed by atoms with E-state index in [0.29, 0.717) is 22.4 Å². The predicted octanol–water partition coefficient (Wildman–Crippen LogP) is 4.23. The van der Waals surface area contributed by atoms with E-state index in [1.165, 1.54) is 6.21 Å². The summed E-state index contributed by atoms with van der Waals surface area (Å²) < 4.78 is 5.69. The minimum Gasteiger partial charge on any atom is -0.489 e. The van der Waals surface area contributed by atoms with Gasteiger partial charge in [-0.2, -0.15) is 0 Å². The molecule has 0 aliphatic rings. The number of nitrogens with two attached hydrogens (primary N) is 1. The van der Waals surface area contributed by atoms with Gasteiger partial charge in [-0.1, -0.05) is 46.6 Å². The summed E-state index contributed by atoms with van der Waals surface area (Å²) in [5, 5.41) is 11.0. The molecule has 0 radical (unpaired) electrons. The van der Waals surface area contributed by atoms with Gasteiger partial charge in [0.15, 0.2) is 0 Å². The number of halogens is 2. The van der Waals surface area contributed by atoms with Crippen LogP contribution in [0.1, 0.15) is 11.1 Å². The monoisotopic (exact) mass is 322 g/mol. The molecule has 5 nitrogen and oxygen atoms in total. The first-order valence-corrected chi connectivity index (χ1v) is 6.74. The van der Waals surface area contributed by atoms with Crippen molar-refractivity contribution in [1.29, 1.82) is 0 Å². The van der Waals surface area contributed by atoms with Crippen molar-refractivity contribution < 1.29 is 4.74 Å². The van der Waals surface area contributed by atoms with Crippen LogP contribution in [0.4, 0.5) is 0 Å². The van der Waals surface area contributed by atoms with Crippen molar-refractivity contribution >= 4 is 29.4 Å². The topological polar surface area (TPSA) is 72.3 Å². The van der Waals surface area contributed by atoms with Crippen LogP contribution in [0.3, 0.4) is 0 Å². The van der Waals surface area contributed by atoms with Crippen molar-refractivity contribution in [2.45, 2.75) is 6.61 Å². The van der Waals surface area contributed by atoms with E-state index in [1.807, 2.05) is 30.3 Å². The number of benzene rings is 2. The Labute approximate surface area is 132 Å². The molecule has 0 aromatic heterocycles. The molecule has 2 aromatic carbocycles. The molecule has 0 fully saturated rings. The molecule has 0 bridgehead atoms. The van der Waals surface area contributed by atoms with Crippen LogP contribution in [-0.4, -0.2) is 6.21 Å². The van der Waals surface area contributed by atoms with Crippen molar-refractivity contribution in [3.05, 3.63) is 63.6 Å². The molecule has 0 heterocycles. The van der Waals surface area contributed by atoms with Crippen LogP contribution in [0, 0.1) is 0 Å². The minimum absolute atomic E-state index is 0.389. The van der Waals surface area contributed by atoms with Crippen molar-refractivity contribution in [2.24, 2.45) is 21.4 Å². The van der Waals surface area contributed by atoms with Gasteiger partial charge in [-0.05, 0) is 40.6 Å². The molecule has 0 spiro atoms. The summed E-state index contributed by atoms with van der Waals surface area (Å²) in [6.45, 7) is 0.389. The van der Waals surface area contributed by atoms with Gasteiger partial charge in [0, 0.05) is 0 Å². The third-order valence-electron chi connectivity index (χ3n) is 2.56.